The van der Waals surface area contributed by atoms with Gasteiger partial charge in [0.1, 0.15) is 0 Å². The van der Waals surface area contributed by atoms with E-state index in [2.05, 4.69) is 16.8 Å². The summed E-state index contributed by atoms with van der Waals surface area (Å²) in [7, 11) is 0. The second kappa shape index (κ2) is 4.81. The first-order valence-corrected chi connectivity index (χ1v) is 6.74. The normalized spacial score (nSPS) is 20.8. The number of guanidine groups is 1. The van der Waals surface area contributed by atoms with Crippen molar-refractivity contribution in [2.24, 2.45) is 10.7 Å². The summed E-state index contributed by atoms with van der Waals surface area (Å²) in [6, 6.07) is 4.01. The highest BCUT2D eigenvalue weighted by Gasteiger charge is 2.29. The number of halogens is 1. The maximum Gasteiger partial charge on any atom is 0.231 e. The average Bonchev–Trinajstić information content (AvgIpc) is 2.98. The number of nitrogens with two attached hydrogens (primary N) is 1. The van der Waals surface area contributed by atoms with Gasteiger partial charge in [0.25, 0.3) is 0 Å². The monoisotopic (exact) mass is 281 g/mol. The molecule has 2 aliphatic rings. The van der Waals surface area contributed by atoms with Crippen molar-refractivity contribution in [3.8, 4) is 11.5 Å². The second-order valence-corrected chi connectivity index (χ2v) is 5.05. The van der Waals surface area contributed by atoms with Gasteiger partial charge < -0.3 is 20.1 Å². The van der Waals surface area contributed by atoms with Gasteiger partial charge in [-0.05, 0) is 24.1 Å². The lowest BCUT2D eigenvalue weighted by Crippen LogP contribution is -2.36. The Bertz CT molecular complexity index is 533. The minimum Gasteiger partial charge on any atom is -0.454 e. The lowest BCUT2D eigenvalue weighted by Gasteiger charge is -2.26. The van der Waals surface area contributed by atoms with Crippen LogP contribution in [0.4, 0.5) is 0 Å². The largest absolute Gasteiger partial charge is 0.454 e. The maximum atomic E-state index is 6.22. The van der Waals surface area contributed by atoms with Crippen LogP contribution in [-0.2, 0) is 0 Å². The van der Waals surface area contributed by atoms with E-state index in [-0.39, 0.29) is 12.8 Å². The fraction of sp³-hybridized carbons (Fsp3) is 0.462. The molecule has 2 aliphatic heterocycles. The van der Waals surface area contributed by atoms with Crippen molar-refractivity contribution in [3.05, 3.63) is 22.7 Å². The van der Waals surface area contributed by atoms with Gasteiger partial charge in [-0.25, -0.2) is 0 Å². The molecule has 0 saturated heterocycles. The summed E-state index contributed by atoms with van der Waals surface area (Å²) in [5.41, 5.74) is 6.99. The van der Waals surface area contributed by atoms with Gasteiger partial charge in [-0.1, -0.05) is 18.5 Å². The number of hydrogen-bond acceptors (Lipinski definition) is 5. The molecule has 0 spiro atoms. The zero-order valence-corrected chi connectivity index (χ0v) is 11.5. The number of benzene rings is 1. The molecule has 0 saturated carbocycles. The summed E-state index contributed by atoms with van der Waals surface area (Å²) in [6.45, 7) is 3.88. The molecule has 1 unspecified atom stereocenters. The van der Waals surface area contributed by atoms with Crippen LogP contribution in [0.15, 0.2) is 17.1 Å². The highest BCUT2D eigenvalue weighted by atomic mass is 35.5. The molecule has 2 N–H and O–H groups in total. The first-order valence-electron chi connectivity index (χ1n) is 6.36. The molecule has 2 heterocycles. The van der Waals surface area contributed by atoms with Crippen LogP contribution < -0.4 is 15.2 Å². The Labute approximate surface area is 116 Å². The van der Waals surface area contributed by atoms with Crippen molar-refractivity contribution >= 4 is 17.6 Å². The first-order chi connectivity index (χ1) is 9.20. The minimum absolute atomic E-state index is 0.131. The fourth-order valence-electron chi connectivity index (χ4n) is 2.51. The number of fused-ring (bicyclic) bond motifs is 1. The zero-order chi connectivity index (χ0) is 13.4. The lowest BCUT2D eigenvalue weighted by atomic mass is 10.1. The number of hydrogen-bond donors (Lipinski definition) is 1. The quantitative estimate of drug-likeness (QED) is 0.922. The number of nitrogens with zero attached hydrogens (tertiary/aromatic N) is 2. The molecule has 1 aromatic carbocycles. The van der Waals surface area contributed by atoms with Gasteiger partial charge >= 0.3 is 0 Å². The topological polar surface area (TPSA) is 60.1 Å². The summed E-state index contributed by atoms with van der Waals surface area (Å²) in [6.07, 6.45) is 1.02. The molecule has 102 valence electrons. The standard InChI is InChI=1S/C13H16ClN3O2/c1-2-3-17-10(6-16-13(17)15)8-4-9(14)12-11(5-8)18-7-19-12/h4-5,10H,2-3,6-7H2,1H3,(H2,15,16). The molecule has 1 aromatic rings. The Morgan fingerprint density at radius 2 is 2.32 bits per heavy atom. The zero-order valence-electron chi connectivity index (χ0n) is 10.7. The molecule has 0 aliphatic carbocycles. The summed E-state index contributed by atoms with van der Waals surface area (Å²) < 4.78 is 10.7. The van der Waals surface area contributed by atoms with Crippen molar-refractivity contribution in [1.82, 2.24) is 4.90 Å². The SMILES string of the molecule is CCCN1C(N)=NCC1c1cc(Cl)c2c(c1)OCO2. The predicted octanol–water partition coefficient (Wildman–Crippen LogP) is 2.15. The molecule has 5 nitrogen and oxygen atoms in total. The summed E-state index contributed by atoms with van der Waals surface area (Å²) in [4.78, 5) is 6.43. The Kier molecular flexibility index (Phi) is 3.14. The molecule has 19 heavy (non-hydrogen) atoms. The van der Waals surface area contributed by atoms with Crippen molar-refractivity contribution < 1.29 is 9.47 Å². The summed E-state index contributed by atoms with van der Waals surface area (Å²) >= 11 is 6.22. The van der Waals surface area contributed by atoms with E-state index in [1.54, 1.807) is 0 Å². The van der Waals surface area contributed by atoms with Crippen molar-refractivity contribution in [3.63, 3.8) is 0 Å². The Morgan fingerprint density at radius 1 is 1.47 bits per heavy atom. The third kappa shape index (κ3) is 2.08. The number of aliphatic imine (C=N–C) groups is 1. The number of rotatable bonds is 3. The first kappa shape index (κ1) is 12.4. The van der Waals surface area contributed by atoms with Gasteiger partial charge in [-0.2, -0.15) is 0 Å². The van der Waals surface area contributed by atoms with E-state index in [0.717, 1.165) is 18.5 Å². The Balaban J connectivity index is 1.92. The van der Waals surface area contributed by atoms with Crippen LogP contribution in [0, 0.1) is 0 Å². The van der Waals surface area contributed by atoms with Gasteiger partial charge in [0, 0.05) is 6.54 Å². The van der Waals surface area contributed by atoms with Crippen molar-refractivity contribution in [2.75, 3.05) is 19.9 Å². The predicted molar refractivity (Wildman–Crippen MR) is 73.8 cm³/mol. The Hall–Kier alpha value is -1.62. The van der Waals surface area contributed by atoms with Crippen LogP contribution in [0.2, 0.25) is 5.02 Å². The van der Waals surface area contributed by atoms with Crippen LogP contribution in [0.25, 0.3) is 0 Å². The van der Waals surface area contributed by atoms with E-state index in [9.17, 15) is 0 Å². The summed E-state index contributed by atoms with van der Waals surface area (Å²) in [5.74, 6) is 1.92. The van der Waals surface area contributed by atoms with Crippen LogP contribution in [0.3, 0.4) is 0 Å². The molecule has 3 rings (SSSR count). The van der Waals surface area contributed by atoms with Crippen molar-refractivity contribution in [2.45, 2.75) is 19.4 Å². The van der Waals surface area contributed by atoms with Crippen LogP contribution in [0.1, 0.15) is 24.9 Å². The highest BCUT2D eigenvalue weighted by Crippen LogP contribution is 2.42. The molecular formula is C13H16ClN3O2. The van der Waals surface area contributed by atoms with E-state index in [4.69, 9.17) is 26.8 Å². The van der Waals surface area contributed by atoms with Gasteiger partial charge in [-0.15, -0.1) is 0 Å². The molecule has 6 heteroatoms. The molecule has 0 bridgehead atoms. The molecule has 0 aromatic heterocycles. The van der Waals surface area contributed by atoms with Gasteiger partial charge in [-0.3, -0.25) is 4.99 Å². The molecule has 1 atom stereocenters. The minimum atomic E-state index is 0.131. The van der Waals surface area contributed by atoms with Crippen LogP contribution in [0.5, 0.6) is 11.5 Å². The van der Waals surface area contributed by atoms with E-state index in [1.807, 2.05) is 12.1 Å². The second-order valence-electron chi connectivity index (χ2n) is 4.64. The number of ether oxygens (including phenoxy) is 2. The Morgan fingerprint density at radius 3 is 3.11 bits per heavy atom. The van der Waals surface area contributed by atoms with Gasteiger partial charge in [0.2, 0.25) is 6.79 Å². The van der Waals surface area contributed by atoms with E-state index < -0.39 is 0 Å². The average molecular weight is 282 g/mol. The van der Waals surface area contributed by atoms with E-state index in [1.165, 1.54) is 0 Å². The van der Waals surface area contributed by atoms with Crippen LogP contribution in [-0.4, -0.2) is 30.7 Å². The molecular weight excluding hydrogens is 266 g/mol. The van der Waals surface area contributed by atoms with Gasteiger partial charge in [0.15, 0.2) is 17.5 Å². The van der Waals surface area contributed by atoms with Crippen LogP contribution >= 0.6 is 11.6 Å². The third-order valence-corrected chi connectivity index (χ3v) is 3.68. The molecule has 0 radical (unpaired) electrons. The smallest absolute Gasteiger partial charge is 0.231 e. The van der Waals surface area contributed by atoms with Gasteiger partial charge in [0.05, 0.1) is 17.6 Å². The third-order valence-electron chi connectivity index (χ3n) is 3.40. The van der Waals surface area contributed by atoms with E-state index >= 15 is 0 Å². The van der Waals surface area contributed by atoms with E-state index in [0.29, 0.717) is 29.0 Å². The lowest BCUT2D eigenvalue weighted by molar-refractivity contribution is 0.174. The van der Waals surface area contributed by atoms with Crippen molar-refractivity contribution in [1.29, 1.82) is 0 Å². The molecule has 0 fully saturated rings. The maximum absolute atomic E-state index is 6.22. The fourth-order valence-corrected chi connectivity index (χ4v) is 2.78. The molecule has 0 amide bonds. The summed E-state index contributed by atoms with van der Waals surface area (Å²) in [5, 5.41) is 0.576. The highest BCUT2D eigenvalue weighted by molar-refractivity contribution is 6.32.